The normalized spacial score (nSPS) is 22.4. The topological polar surface area (TPSA) is 133 Å². The molecule has 1 saturated heterocycles. The van der Waals surface area contributed by atoms with Gasteiger partial charge in [0.2, 0.25) is 0 Å². The zero-order chi connectivity index (χ0) is 41.1. The highest BCUT2D eigenvalue weighted by Crippen LogP contribution is 2.45. The Hall–Kier alpha value is -5.15. The summed E-state index contributed by atoms with van der Waals surface area (Å²) < 4.78 is 5.69. The summed E-state index contributed by atoms with van der Waals surface area (Å²) in [4.78, 5) is 41.0. The molecule has 6 rings (SSSR count). The maximum absolute atomic E-state index is 13.2. The van der Waals surface area contributed by atoms with Crippen LogP contribution in [0.1, 0.15) is 114 Å². The minimum absolute atomic E-state index is 0.102. The van der Waals surface area contributed by atoms with Crippen LogP contribution >= 0.6 is 0 Å². The third kappa shape index (κ3) is 8.74. The quantitative estimate of drug-likeness (QED) is 0.0915. The number of hydrogen-bond acceptors (Lipinski definition) is 9. The molecule has 0 aromatic heterocycles. The molecule has 300 valence electrons. The number of aliphatic imine (C=N–C) groups is 3. The van der Waals surface area contributed by atoms with E-state index in [-0.39, 0.29) is 37.1 Å². The van der Waals surface area contributed by atoms with Gasteiger partial charge < -0.3 is 25.1 Å². The maximum atomic E-state index is 13.2. The van der Waals surface area contributed by atoms with Crippen LogP contribution in [-0.4, -0.2) is 52.3 Å². The average Bonchev–Trinajstić information content (AvgIpc) is 3.92. The highest BCUT2D eigenvalue weighted by Gasteiger charge is 2.39. The largest absolute Gasteiger partial charge is 0.511 e. The Balaban J connectivity index is 1.29. The minimum Gasteiger partial charge on any atom is -0.511 e. The van der Waals surface area contributed by atoms with Crippen molar-refractivity contribution >= 4 is 29.4 Å². The molecule has 5 aliphatic heterocycles. The van der Waals surface area contributed by atoms with Crippen LogP contribution in [0.15, 0.2) is 141 Å². The molecule has 5 heterocycles. The lowest BCUT2D eigenvalue weighted by atomic mass is 9.89. The highest BCUT2D eigenvalue weighted by molar-refractivity contribution is 6.23. The number of ether oxygens (including phenoxy) is 1. The second kappa shape index (κ2) is 17.6. The number of nitrogens with one attached hydrogen (secondary N) is 1. The molecule has 0 aromatic rings. The first-order valence-corrected chi connectivity index (χ1v) is 20.4. The second-order valence-corrected chi connectivity index (χ2v) is 16.3. The Labute approximate surface area is 338 Å². The first-order chi connectivity index (χ1) is 27.2. The Morgan fingerprint density at radius 2 is 1.63 bits per heavy atom. The first kappa shape index (κ1) is 41.5. The van der Waals surface area contributed by atoms with Gasteiger partial charge in [0, 0.05) is 46.9 Å². The molecule has 6 aliphatic rings. The molecular formula is C48H58N4O5. The fourth-order valence-corrected chi connectivity index (χ4v) is 8.50. The number of carbonyl (C=O) groups excluding carboxylic acids is 2. The van der Waals surface area contributed by atoms with Gasteiger partial charge in [-0.25, -0.2) is 15.0 Å². The predicted molar refractivity (Wildman–Crippen MR) is 230 cm³/mol. The van der Waals surface area contributed by atoms with Crippen molar-refractivity contribution in [3.05, 3.63) is 126 Å². The van der Waals surface area contributed by atoms with Gasteiger partial charge in [-0.05, 0) is 141 Å². The summed E-state index contributed by atoms with van der Waals surface area (Å²) in [5.41, 5.74) is 15.3. The number of fused-ring (bicyclic) bond motifs is 5. The lowest BCUT2D eigenvalue weighted by Gasteiger charge is -2.12. The number of allylic oxidation sites excluding steroid dienone is 16. The van der Waals surface area contributed by atoms with Crippen LogP contribution < -0.4 is 5.32 Å². The molecule has 0 radical (unpaired) electrons. The smallest absolute Gasteiger partial charge is 0.306 e. The summed E-state index contributed by atoms with van der Waals surface area (Å²) in [6.45, 7) is 18.4. The van der Waals surface area contributed by atoms with Crippen LogP contribution in [0.5, 0.6) is 0 Å². The molecule has 3 N–H and O–H groups in total. The molecule has 3 atom stereocenters. The molecule has 1 unspecified atom stereocenters. The molecular weight excluding hydrogens is 713 g/mol. The number of esters is 1. The first-order valence-electron chi connectivity index (χ1n) is 20.4. The second-order valence-electron chi connectivity index (χ2n) is 16.3. The van der Waals surface area contributed by atoms with Crippen LogP contribution in [0.3, 0.4) is 0 Å². The van der Waals surface area contributed by atoms with E-state index < -0.39 is 12.0 Å². The van der Waals surface area contributed by atoms with E-state index in [2.05, 4.69) is 52.1 Å². The number of hydrogen-bond donors (Lipinski definition) is 3. The summed E-state index contributed by atoms with van der Waals surface area (Å²) in [6.07, 6.45) is 18.1. The number of rotatable bonds is 14. The summed E-state index contributed by atoms with van der Waals surface area (Å²) in [7, 11) is 0. The van der Waals surface area contributed by atoms with Crippen molar-refractivity contribution in [2.45, 2.75) is 120 Å². The SMILES string of the molecule is CC[C@H]1C2=CC3=C(C)C4=C(O)CC(=C5N=C(C=C6N=C(C=C(N2)[C@@H]1C=O)C(C(C)O)=C6C)C(C)=C5CCC(=O)OC/C=C(\C)CC/C=C(\C)CCC=C(C)C)C4=N3. The molecule has 8 bridgehead atoms. The van der Waals surface area contributed by atoms with E-state index in [4.69, 9.17) is 19.7 Å². The van der Waals surface area contributed by atoms with Crippen LogP contribution in [0, 0.1) is 11.8 Å². The average molecular weight is 771 g/mol. The van der Waals surface area contributed by atoms with Crippen molar-refractivity contribution in [2.75, 3.05) is 6.61 Å². The van der Waals surface area contributed by atoms with Crippen molar-refractivity contribution in [1.82, 2.24) is 5.32 Å². The third-order valence-corrected chi connectivity index (χ3v) is 11.8. The zero-order valence-corrected chi connectivity index (χ0v) is 35.1. The maximum Gasteiger partial charge on any atom is 0.306 e. The summed E-state index contributed by atoms with van der Waals surface area (Å²) in [6, 6.07) is 0. The van der Waals surface area contributed by atoms with Crippen LogP contribution in [0.25, 0.3) is 0 Å². The minimum atomic E-state index is -0.796. The molecule has 9 heteroatoms. The molecule has 1 fully saturated rings. The number of aldehydes is 1. The molecule has 57 heavy (non-hydrogen) atoms. The Morgan fingerprint density at radius 3 is 2.32 bits per heavy atom. The van der Waals surface area contributed by atoms with Crippen molar-refractivity contribution in [2.24, 2.45) is 26.8 Å². The van der Waals surface area contributed by atoms with Gasteiger partial charge in [0.05, 0.1) is 46.2 Å². The number of carbonyl (C=O) groups is 2. The lowest BCUT2D eigenvalue weighted by molar-refractivity contribution is -0.142. The monoisotopic (exact) mass is 770 g/mol. The number of aliphatic hydroxyl groups is 2. The third-order valence-electron chi connectivity index (χ3n) is 11.8. The molecule has 9 nitrogen and oxygen atoms in total. The van der Waals surface area contributed by atoms with Crippen LogP contribution in [0.4, 0.5) is 0 Å². The van der Waals surface area contributed by atoms with Gasteiger partial charge >= 0.3 is 5.97 Å². The summed E-state index contributed by atoms with van der Waals surface area (Å²) in [5.74, 6) is -0.569. The molecule has 0 spiro atoms. The zero-order valence-electron chi connectivity index (χ0n) is 35.1. The van der Waals surface area contributed by atoms with Crippen molar-refractivity contribution in [1.29, 1.82) is 0 Å². The Morgan fingerprint density at radius 1 is 0.912 bits per heavy atom. The van der Waals surface area contributed by atoms with E-state index in [1.54, 1.807) is 6.92 Å². The van der Waals surface area contributed by atoms with Gasteiger partial charge in [-0.2, -0.15) is 0 Å². The standard InChI is InChI=1S/C48H58N4O5/c1-10-33-36(25-53)41-24-42-45(32(9)54)30(7)38(49-42)22-37-29(6)34(17-18-44(56)57-20-19-28(5)16-12-15-27(4)14-11-13-26(2)3)47(51-37)35-21-43(55)46-31(8)39(52-48(35)46)23-40(33)50-41/h13,15,19,22-25,32-33,36,50,54-55H,10-12,14,16-18,20-21H2,1-9H3/b27-15+,28-19+,38-22?,40-23?,41-24?,47-35?/t32?,33-,36-/m1/s1. The van der Waals surface area contributed by atoms with Gasteiger partial charge in [0.25, 0.3) is 0 Å². The fraction of sp³-hybridized carbons (Fsp3) is 0.438. The van der Waals surface area contributed by atoms with Crippen molar-refractivity contribution in [3.63, 3.8) is 0 Å². The fourth-order valence-electron chi connectivity index (χ4n) is 8.50. The number of aliphatic hydroxyl groups excluding tert-OH is 2. The van der Waals surface area contributed by atoms with E-state index in [1.807, 2.05) is 45.1 Å². The summed E-state index contributed by atoms with van der Waals surface area (Å²) >= 11 is 0. The van der Waals surface area contributed by atoms with E-state index in [1.165, 1.54) is 16.7 Å². The van der Waals surface area contributed by atoms with E-state index in [0.717, 1.165) is 77.6 Å². The predicted octanol–water partition coefficient (Wildman–Crippen LogP) is 9.96. The number of nitrogens with zero attached hydrogens (tertiary/aromatic N) is 3. The highest BCUT2D eigenvalue weighted by atomic mass is 16.5. The van der Waals surface area contributed by atoms with Gasteiger partial charge in [-0.15, -0.1) is 0 Å². The van der Waals surface area contributed by atoms with Gasteiger partial charge in [-0.3, -0.25) is 4.79 Å². The van der Waals surface area contributed by atoms with Gasteiger partial charge in [0.15, 0.2) is 0 Å². The Kier molecular flexibility index (Phi) is 12.8. The Bertz CT molecular complexity index is 2210. The van der Waals surface area contributed by atoms with E-state index in [0.29, 0.717) is 51.8 Å². The van der Waals surface area contributed by atoms with Crippen LogP contribution in [-0.2, 0) is 14.3 Å². The van der Waals surface area contributed by atoms with E-state index in [9.17, 15) is 19.8 Å². The molecule has 0 saturated carbocycles. The summed E-state index contributed by atoms with van der Waals surface area (Å²) in [5, 5.41) is 25.9. The van der Waals surface area contributed by atoms with Crippen LogP contribution in [0.2, 0.25) is 0 Å². The molecule has 0 amide bonds. The van der Waals surface area contributed by atoms with E-state index >= 15 is 0 Å². The molecule has 0 aromatic carbocycles. The lowest BCUT2D eigenvalue weighted by Crippen LogP contribution is -2.16. The van der Waals surface area contributed by atoms with Gasteiger partial charge in [0.1, 0.15) is 18.7 Å². The van der Waals surface area contributed by atoms with Crippen molar-refractivity contribution < 1.29 is 24.5 Å². The van der Waals surface area contributed by atoms with Gasteiger partial charge in [-0.1, -0.05) is 35.8 Å². The molecule has 1 aliphatic carbocycles. The van der Waals surface area contributed by atoms with Crippen molar-refractivity contribution in [3.8, 4) is 0 Å².